The molecule has 0 fully saturated rings. The van der Waals surface area contributed by atoms with Crippen molar-refractivity contribution in [3.8, 4) is 11.5 Å². The Morgan fingerprint density at radius 2 is 1.93 bits per heavy atom. The highest BCUT2D eigenvalue weighted by Gasteiger charge is 2.06. The fraction of sp³-hybridized carbons (Fsp3) is 0.182. The molecule has 0 amide bonds. The number of pyridine rings is 1. The Balaban J connectivity index is 2.75. The van der Waals surface area contributed by atoms with E-state index in [9.17, 15) is 0 Å². The molecule has 1 heterocycles. The van der Waals surface area contributed by atoms with Crippen molar-refractivity contribution in [1.82, 2.24) is 4.98 Å². The van der Waals surface area contributed by atoms with E-state index in [1.165, 1.54) is 0 Å². The predicted octanol–water partition coefficient (Wildman–Crippen LogP) is 3.01. The largest absolute Gasteiger partial charge is 0.497 e. The minimum Gasteiger partial charge on any atom is -0.497 e. The number of benzene rings is 1. The van der Waals surface area contributed by atoms with Crippen LogP contribution in [0.1, 0.15) is 0 Å². The summed E-state index contributed by atoms with van der Waals surface area (Å²) in [6.07, 6.45) is 1.75. The van der Waals surface area contributed by atoms with E-state index >= 15 is 0 Å². The number of aromatic nitrogens is 1. The van der Waals surface area contributed by atoms with Crippen LogP contribution < -0.4 is 9.47 Å². The molecule has 0 bridgehead atoms. The van der Waals surface area contributed by atoms with Crippen LogP contribution in [0.5, 0.6) is 11.5 Å². The summed E-state index contributed by atoms with van der Waals surface area (Å²) in [6.45, 7) is 0. The van der Waals surface area contributed by atoms with Crippen LogP contribution in [0.2, 0.25) is 0 Å². The van der Waals surface area contributed by atoms with Crippen LogP contribution in [-0.2, 0) is 0 Å². The Morgan fingerprint density at radius 1 is 1.13 bits per heavy atom. The van der Waals surface area contributed by atoms with Gasteiger partial charge in [0.2, 0.25) is 0 Å². The minimum absolute atomic E-state index is 0.745. The quantitative estimate of drug-likeness (QED) is 0.838. The average Bonchev–Trinajstić information content (AvgIpc) is 2.27. The first-order chi connectivity index (χ1) is 7.24. The number of halogens is 1. The molecule has 2 aromatic rings. The lowest BCUT2D eigenvalue weighted by Gasteiger charge is -2.08. The predicted molar refractivity (Wildman–Crippen MR) is 62.5 cm³/mol. The van der Waals surface area contributed by atoms with Crippen molar-refractivity contribution in [3.05, 3.63) is 28.9 Å². The molecule has 15 heavy (non-hydrogen) atoms. The summed E-state index contributed by atoms with van der Waals surface area (Å²) in [5.41, 5.74) is 0.856. The fourth-order valence-electron chi connectivity index (χ4n) is 1.43. The number of methoxy groups -OCH3 is 2. The zero-order chi connectivity index (χ0) is 10.8. The molecule has 0 N–H and O–H groups in total. The van der Waals surface area contributed by atoms with Crippen molar-refractivity contribution < 1.29 is 9.47 Å². The van der Waals surface area contributed by atoms with Crippen LogP contribution in [0, 0.1) is 0 Å². The van der Waals surface area contributed by atoms with Crippen molar-refractivity contribution >= 4 is 26.8 Å². The Morgan fingerprint density at radius 3 is 2.60 bits per heavy atom. The van der Waals surface area contributed by atoms with Crippen molar-refractivity contribution in [3.63, 3.8) is 0 Å². The molecule has 0 spiro atoms. The van der Waals surface area contributed by atoms with Crippen LogP contribution in [-0.4, -0.2) is 19.2 Å². The topological polar surface area (TPSA) is 31.4 Å². The van der Waals surface area contributed by atoms with Gasteiger partial charge in [-0.05, 0) is 22.0 Å². The van der Waals surface area contributed by atoms with Gasteiger partial charge >= 0.3 is 0 Å². The maximum atomic E-state index is 5.28. The number of hydrogen-bond acceptors (Lipinski definition) is 3. The number of nitrogens with zero attached hydrogens (tertiary/aromatic N) is 1. The molecule has 0 aliphatic heterocycles. The zero-order valence-electron chi connectivity index (χ0n) is 8.45. The number of hydrogen-bond donors (Lipinski definition) is 0. The SMILES string of the molecule is COc1cc(OC)c2cc(Br)cnc2c1. The summed E-state index contributed by atoms with van der Waals surface area (Å²) in [7, 11) is 3.26. The molecule has 0 aliphatic carbocycles. The van der Waals surface area contributed by atoms with Crippen LogP contribution in [0.15, 0.2) is 28.9 Å². The molecular formula is C11H10BrNO2. The van der Waals surface area contributed by atoms with E-state index in [1.807, 2.05) is 18.2 Å². The molecule has 0 radical (unpaired) electrons. The molecule has 0 atom stereocenters. The Labute approximate surface area is 96.2 Å². The molecule has 0 aliphatic rings. The van der Waals surface area contributed by atoms with E-state index < -0.39 is 0 Å². The second-order valence-electron chi connectivity index (χ2n) is 3.05. The van der Waals surface area contributed by atoms with Crippen molar-refractivity contribution in [2.45, 2.75) is 0 Å². The van der Waals surface area contributed by atoms with Crippen LogP contribution >= 0.6 is 15.9 Å². The molecule has 0 saturated carbocycles. The maximum absolute atomic E-state index is 5.28. The first-order valence-corrected chi connectivity index (χ1v) is 5.21. The number of fused-ring (bicyclic) bond motifs is 1. The van der Waals surface area contributed by atoms with E-state index in [-0.39, 0.29) is 0 Å². The molecule has 3 nitrogen and oxygen atoms in total. The maximum Gasteiger partial charge on any atom is 0.131 e. The van der Waals surface area contributed by atoms with Gasteiger partial charge < -0.3 is 9.47 Å². The Kier molecular flexibility index (Phi) is 2.77. The van der Waals surface area contributed by atoms with Crippen molar-refractivity contribution in [2.24, 2.45) is 0 Å². The number of rotatable bonds is 2. The smallest absolute Gasteiger partial charge is 0.131 e. The van der Waals surface area contributed by atoms with Crippen LogP contribution in [0.25, 0.3) is 10.9 Å². The third kappa shape index (κ3) is 1.90. The lowest BCUT2D eigenvalue weighted by molar-refractivity contribution is 0.398. The molecule has 78 valence electrons. The minimum atomic E-state index is 0.745. The van der Waals surface area contributed by atoms with Crippen LogP contribution in [0.4, 0.5) is 0 Å². The third-order valence-corrected chi connectivity index (χ3v) is 2.59. The normalized spacial score (nSPS) is 10.3. The van der Waals surface area contributed by atoms with Gasteiger partial charge in [0.1, 0.15) is 11.5 Å². The van der Waals surface area contributed by atoms with Crippen molar-refractivity contribution in [2.75, 3.05) is 14.2 Å². The lowest BCUT2D eigenvalue weighted by Crippen LogP contribution is -1.90. The lowest BCUT2D eigenvalue weighted by atomic mass is 10.2. The van der Waals surface area contributed by atoms with Gasteiger partial charge in [-0.25, -0.2) is 0 Å². The molecule has 0 saturated heterocycles. The van der Waals surface area contributed by atoms with Gasteiger partial charge in [0.25, 0.3) is 0 Å². The van der Waals surface area contributed by atoms with E-state index in [1.54, 1.807) is 20.4 Å². The standard InChI is InChI=1S/C11H10BrNO2/c1-14-8-4-10-9(11(5-8)15-2)3-7(12)6-13-10/h3-6H,1-2H3. The molecular weight excluding hydrogens is 258 g/mol. The number of ether oxygens (including phenoxy) is 2. The summed E-state index contributed by atoms with van der Waals surface area (Å²) in [6, 6.07) is 5.70. The van der Waals surface area contributed by atoms with E-state index in [2.05, 4.69) is 20.9 Å². The van der Waals surface area contributed by atoms with Crippen molar-refractivity contribution in [1.29, 1.82) is 0 Å². The molecule has 1 aromatic heterocycles. The first-order valence-electron chi connectivity index (χ1n) is 4.42. The molecule has 1 aromatic carbocycles. The highest BCUT2D eigenvalue weighted by Crippen LogP contribution is 2.31. The summed E-state index contributed by atoms with van der Waals surface area (Å²) >= 11 is 3.38. The van der Waals surface area contributed by atoms with Gasteiger partial charge in [-0.3, -0.25) is 4.98 Å². The fourth-order valence-corrected chi connectivity index (χ4v) is 1.76. The third-order valence-electron chi connectivity index (χ3n) is 2.16. The van der Waals surface area contributed by atoms with Gasteiger partial charge in [0.05, 0.1) is 19.7 Å². The van der Waals surface area contributed by atoms with Gasteiger partial charge in [-0.2, -0.15) is 0 Å². The van der Waals surface area contributed by atoms with Gasteiger partial charge in [-0.1, -0.05) is 0 Å². The highest BCUT2D eigenvalue weighted by atomic mass is 79.9. The summed E-state index contributed by atoms with van der Waals surface area (Å²) in [5.74, 6) is 1.51. The zero-order valence-corrected chi connectivity index (χ0v) is 10.0. The van der Waals surface area contributed by atoms with Gasteiger partial charge in [-0.15, -0.1) is 0 Å². The summed E-state index contributed by atoms with van der Waals surface area (Å²) < 4.78 is 11.4. The summed E-state index contributed by atoms with van der Waals surface area (Å²) in [5, 5.41) is 0.965. The molecule has 4 heteroatoms. The highest BCUT2D eigenvalue weighted by molar-refractivity contribution is 9.10. The van der Waals surface area contributed by atoms with Gasteiger partial charge in [0.15, 0.2) is 0 Å². The monoisotopic (exact) mass is 267 g/mol. The second-order valence-corrected chi connectivity index (χ2v) is 3.97. The summed E-state index contributed by atoms with van der Waals surface area (Å²) in [4.78, 5) is 4.29. The van der Waals surface area contributed by atoms with Gasteiger partial charge in [0, 0.05) is 28.2 Å². The van der Waals surface area contributed by atoms with E-state index in [0.717, 1.165) is 26.9 Å². The molecule has 0 unspecified atom stereocenters. The second kappa shape index (κ2) is 4.06. The average molecular weight is 268 g/mol. The Hall–Kier alpha value is -1.29. The Bertz CT molecular complexity index is 499. The van der Waals surface area contributed by atoms with E-state index in [4.69, 9.17) is 9.47 Å². The first kappa shape index (κ1) is 10.2. The molecule has 2 rings (SSSR count). The van der Waals surface area contributed by atoms with Crippen LogP contribution in [0.3, 0.4) is 0 Å². The van der Waals surface area contributed by atoms with E-state index in [0.29, 0.717) is 0 Å².